The predicted octanol–water partition coefficient (Wildman–Crippen LogP) is 4.06. The lowest BCUT2D eigenvalue weighted by Gasteiger charge is -2.72. The first-order valence-electron chi connectivity index (χ1n) is 14.1. The normalized spacial score (nSPS) is 57.3. The fraction of sp³-hybridized carbons (Fsp3) is 0.933. The van der Waals surface area contributed by atoms with Crippen LogP contribution in [0.15, 0.2) is 11.6 Å². The van der Waals surface area contributed by atoms with Gasteiger partial charge in [0.2, 0.25) is 0 Å². The lowest BCUT2D eigenvalue weighted by Crippen LogP contribution is -2.69. The van der Waals surface area contributed by atoms with Crippen LogP contribution in [-0.2, 0) is 0 Å². The van der Waals surface area contributed by atoms with Crippen molar-refractivity contribution in [2.24, 2.45) is 50.2 Å². The summed E-state index contributed by atoms with van der Waals surface area (Å²) in [6, 6.07) is 0. The summed E-state index contributed by atoms with van der Waals surface area (Å²) >= 11 is 0. The van der Waals surface area contributed by atoms with Crippen LogP contribution in [0.3, 0.4) is 0 Å². The molecule has 200 valence electrons. The summed E-state index contributed by atoms with van der Waals surface area (Å²) in [4.78, 5) is 0. The van der Waals surface area contributed by atoms with Gasteiger partial charge in [0, 0.05) is 5.41 Å². The maximum Gasteiger partial charge on any atom is 0.0657 e. The zero-order valence-electron chi connectivity index (χ0n) is 22.8. The van der Waals surface area contributed by atoms with Gasteiger partial charge in [-0.05, 0) is 90.8 Å². The van der Waals surface area contributed by atoms with Gasteiger partial charge < -0.3 is 25.5 Å². The molecule has 0 amide bonds. The maximum absolute atomic E-state index is 11.7. The van der Waals surface area contributed by atoms with Gasteiger partial charge in [0.05, 0.1) is 36.9 Å². The highest BCUT2D eigenvalue weighted by Crippen LogP contribution is 2.75. The van der Waals surface area contributed by atoms with Gasteiger partial charge in [0.25, 0.3) is 0 Å². The fourth-order valence-corrected chi connectivity index (χ4v) is 11.0. The Morgan fingerprint density at radius 3 is 2.06 bits per heavy atom. The predicted molar refractivity (Wildman–Crippen MR) is 136 cm³/mol. The summed E-state index contributed by atoms with van der Waals surface area (Å²) in [6.07, 6.45) is 7.18. The molecule has 0 aliphatic heterocycles. The molecule has 0 spiro atoms. The summed E-state index contributed by atoms with van der Waals surface area (Å²) in [5.74, 6) is 0.635. The standard InChI is InChI=1S/C30H50O5/c1-25(2)13-19-18-7-8-21-26(3)11-10-22(33)27(4,16-31)20(26)9-12-28(21,5)29(18,6)15-24(35)30(19,17-32)23(34)14-25/h7,19-24,31-35H,8-17H2,1-6H3/t19-,20+,21+,22+,23+,24-,26+,27+,28-,29-,30-/m1/s1. The van der Waals surface area contributed by atoms with Crippen molar-refractivity contribution in [1.29, 1.82) is 0 Å². The van der Waals surface area contributed by atoms with E-state index in [2.05, 4.69) is 47.6 Å². The molecule has 0 aromatic heterocycles. The first-order valence-corrected chi connectivity index (χ1v) is 14.1. The molecule has 5 aliphatic carbocycles. The van der Waals surface area contributed by atoms with Gasteiger partial charge in [-0.15, -0.1) is 0 Å². The van der Waals surface area contributed by atoms with Crippen LogP contribution in [0.4, 0.5) is 0 Å². The highest BCUT2D eigenvalue weighted by molar-refractivity contribution is 5.35. The van der Waals surface area contributed by atoms with Crippen molar-refractivity contribution in [2.75, 3.05) is 13.2 Å². The van der Waals surface area contributed by atoms with E-state index in [0.717, 1.165) is 38.5 Å². The number of hydrogen-bond donors (Lipinski definition) is 5. The minimum atomic E-state index is -0.879. The van der Waals surface area contributed by atoms with Crippen molar-refractivity contribution in [1.82, 2.24) is 0 Å². The lowest BCUT2D eigenvalue weighted by atomic mass is 9.33. The minimum absolute atomic E-state index is 0.0105. The minimum Gasteiger partial charge on any atom is -0.396 e. The molecule has 0 aromatic rings. The third kappa shape index (κ3) is 3.05. The Labute approximate surface area is 212 Å². The van der Waals surface area contributed by atoms with E-state index in [1.165, 1.54) is 5.57 Å². The van der Waals surface area contributed by atoms with Crippen LogP contribution >= 0.6 is 0 Å². The monoisotopic (exact) mass is 490 g/mol. The maximum atomic E-state index is 11.7. The Bertz CT molecular complexity index is 899. The zero-order chi connectivity index (χ0) is 25.8. The van der Waals surface area contributed by atoms with Crippen molar-refractivity contribution >= 4 is 0 Å². The molecular weight excluding hydrogens is 440 g/mol. The van der Waals surface area contributed by atoms with E-state index >= 15 is 0 Å². The Morgan fingerprint density at radius 2 is 1.43 bits per heavy atom. The molecule has 5 nitrogen and oxygen atoms in total. The summed E-state index contributed by atoms with van der Waals surface area (Å²) in [7, 11) is 0. The van der Waals surface area contributed by atoms with Crippen molar-refractivity contribution < 1.29 is 25.5 Å². The number of fused-ring (bicyclic) bond motifs is 7. The highest BCUT2D eigenvalue weighted by Gasteiger charge is 2.71. The van der Waals surface area contributed by atoms with Crippen LogP contribution in [-0.4, -0.2) is 57.1 Å². The van der Waals surface area contributed by atoms with Crippen molar-refractivity contribution in [3.63, 3.8) is 0 Å². The van der Waals surface area contributed by atoms with E-state index in [9.17, 15) is 25.5 Å². The van der Waals surface area contributed by atoms with Crippen LogP contribution in [0, 0.1) is 50.2 Å². The van der Waals surface area contributed by atoms with E-state index in [4.69, 9.17) is 0 Å². The molecule has 0 aromatic carbocycles. The summed E-state index contributed by atoms with van der Waals surface area (Å²) in [5.41, 5.74) is -0.279. The van der Waals surface area contributed by atoms with E-state index in [-0.39, 0.29) is 46.7 Å². The molecule has 0 heterocycles. The van der Waals surface area contributed by atoms with E-state index in [1.807, 2.05) is 0 Å². The molecule has 35 heavy (non-hydrogen) atoms. The van der Waals surface area contributed by atoms with Crippen LogP contribution in [0.1, 0.15) is 92.9 Å². The Hall–Kier alpha value is -0.460. The second-order valence-electron chi connectivity index (χ2n) is 15.1. The second kappa shape index (κ2) is 7.79. The average Bonchev–Trinajstić information content (AvgIpc) is 2.76. The number of allylic oxidation sites excluding steroid dienone is 2. The van der Waals surface area contributed by atoms with Gasteiger partial charge in [-0.2, -0.15) is 0 Å². The zero-order valence-corrected chi connectivity index (χ0v) is 22.8. The third-order valence-corrected chi connectivity index (χ3v) is 13.3. The quantitative estimate of drug-likeness (QED) is 0.376. The van der Waals surface area contributed by atoms with Crippen LogP contribution in [0.2, 0.25) is 0 Å². The van der Waals surface area contributed by atoms with Gasteiger partial charge in [-0.25, -0.2) is 0 Å². The molecule has 5 rings (SSSR count). The molecule has 4 fully saturated rings. The molecule has 5 N–H and O–H groups in total. The third-order valence-electron chi connectivity index (χ3n) is 13.3. The number of aliphatic hydroxyl groups excluding tert-OH is 5. The Balaban J connectivity index is 1.62. The summed E-state index contributed by atoms with van der Waals surface area (Å²) in [6.45, 7) is 13.5. The molecule has 5 heteroatoms. The average molecular weight is 491 g/mol. The van der Waals surface area contributed by atoms with Gasteiger partial charge in [-0.3, -0.25) is 0 Å². The molecule has 11 atom stereocenters. The van der Waals surface area contributed by atoms with E-state index in [0.29, 0.717) is 18.8 Å². The fourth-order valence-electron chi connectivity index (χ4n) is 11.0. The Morgan fingerprint density at radius 1 is 0.771 bits per heavy atom. The van der Waals surface area contributed by atoms with Gasteiger partial charge in [-0.1, -0.05) is 53.2 Å². The second-order valence-corrected chi connectivity index (χ2v) is 15.1. The molecule has 0 radical (unpaired) electrons. The molecule has 0 unspecified atom stereocenters. The van der Waals surface area contributed by atoms with Crippen molar-refractivity contribution in [2.45, 2.75) is 111 Å². The van der Waals surface area contributed by atoms with Crippen molar-refractivity contribution in [3.05, 3.63) is 11.6 Å². The van der Waals surface area contributed by atoms with E-state index in [1.54, 1.807) is 0 Å². The molecule has 5 aliphatic rings. The summed E-state index contributed by atoms with van der Waals surface area (Å²) < 4.78 is 0. The van der Waals surface area contributed by atoms with Crippen LogP contribution in [0.5, 0.6) is 0 Å². The number of aliphatic hydroxyl groups is 5. The molecule has 4 saturated carbocycles. The van der Waals surface area contributed by atoms with Crippen molar-refractivity contribution in [3.8, 4) is 0 Å². The Kier molecular flexibility index (Phi) is 5.82. The SMILES string of the molecule is CC1(C)C[C@@H]2C3=CC[C@H]4[C@@]5(C)CC[C@H](O)[C@@](C)(CO)[C@H]5CC[C@@]4(C)[C@]3(C)C[C@@H](O)[C@@]2(CO)[C@@H](O)C1. The van der Waals surface area contributed by atoms with Crippen LogP contribution < -0.4 is 0 Å². The smallest absolute Gasteiger partial charge is 0.0657 e. The number of hydrogen-bond acceptors (Lipinski definition) is 5. The topological polar surface area (TPSA) is 101 Å². The van der Waals surface area contributed by atoms with Gasteiger partial charge in [0.15, 0.2) is 0 Å². The lowest BCUT2D eigenvalue weighted by molar-refractivity contribution is -0.240. The first-order chi connectivity index (χ1) is 16.2. The first kappa shape index (κ1) is 26.2. The number of rotatable bonds is 2. The van der Waals surface area contributed by atoms with E-state index < -0.39 is 29.1 Å². The molecular formula is C30H50O5. The highest BCUT2D eigenvalue weighted by atomic mass is 16.3. The molecule has 0 saturated heterocycles. The van der Waals surface area contributed by atoms with Gasteiger partial charge >= 0.3 is 0 Å². The summed E-state index contributed by atoms with van der Waals surface area (Å²) in [5, 5.41) is 55.1. The van der Waals surface area contributed by atoms with Gasteiger partial charge in [0.1, 0.15) is 0 Å². The van der Waals surface area contributed by atoms with Crippen LogP contribution in [0.25, 0.3) is 0 Å². The largest absolute Gasteiger partial charge is 0.396 e. The molecule has 0 bridgehead atoms.